The third kappa shape index (κ3) is 4.65. The highest BCUT2D eigenvalue weighted by molar-refractivity contribution is 5.72. The van der Waals surface area contributed by atoms with Crippen LogP contribution in [0.15, 0.2) is 36.7 Å². The molecule has 0 radical (unpaired) electrons. The SMILES string of the molecule is CCc1c(Nc2cc(-n3nc(C)c(C(C)(C)C)c3C(F)F)ncn2)nn(C)c1-c1ccc(F)cc1. The van der Waals surface area contributed by atoms with Crippen molar-refractivity contribution >= 4 is 11.6 Å². The Hall–Kier alpha value is -3.69. The minimum absolute atomic E-state index is 0.176. The van der Waals surface area contributed by atoms with Crippen molar-refractivity contribution in [1.29, 1.82) is 0 Å². The molecular weight excluding hydrogens is 455 g/mol. The maximum Gasteiger partial charge on any atom is 0.280 e. The highest BCUT2D eigenvalue weighted by Gasteiger charge is 2.31. The molecule has 0 saturated heterocycles. The zero-order valence-electron chi connectivity index (χ0n) is 20.6. The summed E-state index contributed by atoms with van der Waals surface area (Å²) >= 11 is 0. The predicted octanol–water partition coefficient (Wildman–Crippen LogP) is 6.05. The number of rotatable bonds is 6. The molecule has 0 bridgehead atoms. The second kappa shape index (κ2) is 9.16. The molecule has 3 heterocycles. The lowest BCUT2D eigenvalue weighted by Gasteiger charge is -2.20. The van der Waals surface area contributed by atoms with Crippen LogP contribution in [0.2, 0.25) is 0 Å². The summed E-state index contributed by atoms with van der Waals surface area (Å²) in [6.07, 6.45) is -0.766. The number of nitrogens with one attached hydrogen (secondary N) is 1. The van der Waals surface area contributed by atoms with Crippen LogP contribution in [-0.2, 0) is 18.9 Å². The summed E-state index contributed by atoms with van der Waals surface area (Å²) in [7, 11) is 1.81. The molecule has 4 aromatic rings. The zero-order chi connectivity index (χ0) is 25.5. The van der Waals surface area contributed by atoms with Gasteiger partial charge in [0.05, 0.1) is 11.4 Å². The van der Waals surface area contributed by atoms with Crippen LogP contribution in [0.3, 0.4) is 0 Å². The molecule has 35 heavy (non-hydrogen) atoms. The summed E-state index contributed by atoms with van der Waals surface area (Å²) in [5.74, 6) is 0.871. The van der Waals surface area contributed by atoms with Crippen LogP contribution >= 0.6 is 0 Å². The largest absolute Gasteiger partial charge is 0.323 e. The van der Waals surface area contributed by atoms with E-state index in [1.807, 2.05) is 34.7 Å². The number of nitrogens with zero attached hydrogens (tertiary/aromatic N) is 6. The summed E-state index contributed by atoms with van der Waals surface area (Å²) in [5, 5.41) is 12.2. The lowest BCUT2D eigenvalue weighted by Crippen LogP contribution is -2.16. The van der Waals surface area contributed by atoms with Crippen LogP contribution in [0.5, 0.6) is 0 Å². The molecule has 0 aliphatic carbocycles. The monoisotopic (exact) mass is 483 g/mol. The van der Waals surface area contributed by atoms with Crippen LogP contribution in [0, 0.1) is 12.7 Å². The number of aromatic nitrogens is 6. The highest BCUT2D eigenvalue weighted by Crippen LogP contribution is 2.36. The van der Waals surface area contributed by atoms with Gasteiger partial charge in [-0.2, -0.15) is 10.2 Å². The van der Waals surface area contributed by atoms with Gasteiger partial charge >= 0.3 is 0 Å². The molecule has 0 aliphatic rings. The molecule has 0 amide bonds. The molecule has 3 aromatic heterocycles. The summed E-state index contributed by atoms with van der Waals surface area (Å²) in [6.45, 7) is 9.36. The third-order valence-electron chi connectivity index (χ3n) is 5.79. The fourth-order valence-electron chi connectivity index (χ4n) is 4.47. The van der Waals surface area contributed by atoms with E-state index < -0.39 is 11.8 Å². The van der Waals surface area contributed by atoms with Crippen molar-refractivity contribution < 1.29 is 13.2 Å². The van der Waals surface area contributed by atoms with Crippen molar-refractivity contribution in [3.8, 4) is 17.1 Å². The predicted molar refractivity (Wildman–Crippen MR) is 129 cm³/mol. The second-order valence-corrected chi connectivity index (χ2v) is 9.35. The van der Waals surface area contributed by atoms with Crippen molar-refractivity contribution in [3.05, 3.63) is 65.0 Å². The fourth-order valence-corrected chi connectivity index (χ4v) is 4.47. The van der Waals surface area contributed by atoms with E-state index in [4.69, 9.17) is 0 Å². The molecule has 10 heteroatoms. The lowest BCUT2D eigenvalue weighted by molar-refractivity contribution is 0.140. The van der Waals surface area contributed by atoms with Gasteiger partial charge in [0.2, 0.25) is 0 Å². The Morgan fingerprint density at radius 1 is 1.06 bits per heavy atom. The van der Waals surface area contributed by atoms with E-state index in [9.17, 15) is 13.2 Å². The van der Waals surface area contributed by atoms with Gasteiger partial charge in [-0.05, 0) is 43.0 Å². The van der Waals surface area contributed by atoms with Crippen LogP contribution in [0.1, 0.15) is 56.6 Å². The molecular formula is C25H28F3N7. The first-order valence-corrected chi connectivity index (χ1v) is 11.3. The maximum absolute atomic E-state index is 14.1. The van der Waals surface area contributed by atoms with Gasteiger partial charge in [0.15, 0.2) is 11.6 Å². The molecule has 0 atom stereocenters. The Balaban J connectivity index is 1.75. The second-order valence-electron chi connectivity index (χ2n) is 9.35. The van der Waals surface area contributed by atoms with Crippen molar-refractivity contribution in [2.45, 2.75) is 52.9 Å². The molecule has 0 spiro atoms. The molecule has 1 N–H and O–H groups in total. The smallest absolute Gasteiger partial charge is 0.280 e. The van der Waals surface area contributed by atoms with E-state index >= 15 is 0 Å². The van der Waals surface area contributed by atoms with Gasteiger partial charge < -0.3 is 5.32 Å². The summed E-state index contributed by atoms with van der Waals surface area (Å²) in [4.78, 5) is 8.47. The Kier molecular flexibility index (Phi) is 6.40. The number of anilines is 2. The quantitative estimate of drug-likeness (QED) is 0.361. The summed E-state index contributed by atoms with van der Waals surface area (Å²) < 4.78 is 44.6. The third-order valence-corrected chi connectivity index (χ3v) is 5.79. The Bertz CT molecular complexity index is 1350. The van der Waals surface area contributed by atoms with Crippen LogP contribution in [0.4, 0.5) is 24.8 Å². The van der Waals surface area contributed by atoms with Crippen molar-refractivity contribution in [2.24, 2.45) is 7.05 Å². The minimum Gasteiger partial charge on any atom is -0.323 e. The van der Waals surface area contributed by atoms with Crippen LogP contribution in [-0.4, -0.2) is 29.5 Å². The minimum atomic E-state index is -2.72. The van der Waals surface area contributed by atoms with Gasteiger partial charge in [0, 0.05) is 29.8 Å². The number of hydrogen-bond donors (Lipinski definition) is 1. The maximum atomic E-state index is 14.1. The van der Waals surface area contributed by atoms with E-state index in [1.54, 1.807) is 29.8 Å². The van der Waals surface area contributed by atoms with E-state index in [2.05, 4.69) is 25.5 Å². The van der Waals surface area contributed by atoms with Crippen LogP contribution in [0.25, 0.3) is 17.1 Å². The molecule has 0 aliphatic heterocycles. The summed E-state index contributed by atoms with van der Waals surface area (Å²) in [6, 6.07) is 7.79. The molecule has 0 unspecified atom stereocenters. The Morgan fingerprint density at radius 3 is 2.34 bits per heavy atom. The average molecular weight is 484 g/mol. The zero-order valence-corrected chi connectivity index (χ0v) is 20.6. The van der Waals surface area contributed by atoms with E-state index in [0.717, 1.165) is 16.8 Å². The van der Waals surface area contributed by atoms with Gasteiger partial charge in [-0.15, -0.1) is 0 Å². The first-order valence-electron chi connectivity index (χ1n) is 11.3. The lowest BCUT2D eigenvalue weighted by atomic mass is 9.85. The number of aryl methyl sites for hydroxylation is 2. The fraction of sp³-hybridized carbons (Fsp3) is 0.360. The molecule has 1 aromatic carbocycles. The van der Waals surface area contributed by atoms with Crippen molar-refractivity contribution in [1.82, 2.24) is 29.5 Å². The average Bonchev–Trinajstić information content (AvgIpc) is 3.31. The standard InChI is InChI=1S/C25H28F3N7/c1-7-17-21(15-8-10-16(26)11-9-15)34(6)33-24(17)31-18-12-19(30-13-29-18)35-22(23(27)28)20(14(2)32-35)25(3,4)5/h8-13,23H,7H2,1-6H3,(H,29,30,31,33). The van der Waals surface area contributed by atoms with Crippen molar-refractivity contribution in [3.63, 3.8) is 0 Å². The Labute approximate surface area is 202 Å². The number of hydrogen-bond acceptors (Lipinski definition) is 5. The number of alkyl halides is 2. The van der Waals surface area contributed by atoms with Gasteiger partial charge in [0.1, 0.15) is 23.7 Å². The van der Waals surface area contributed by atoms with Gasteiger partial charge in [-0.1, -0.05) is 27.7 Å². The van der Waals surface area contributed by atoms with Gasteiger partial charge in [-0.3, -0.25) is 4.68 Å². The molecule has 0 fully saturated rings. The van der Waals surface area contributed by atoms with Crippen molar-refractivity contribution in [2.75, 3.05) is 5.32 Å². The first-order chi connectivity index (χ1) is 16.5. The highest BCUT2D eigenvalue weighted by atomic mass is 19.3. The van der Waals surface area contributed by atoms with E-state index in [1.165, 1.54) is 23.1 Å². The topological polar surface area (TPSA) is 73.5 Å². The van der Waals surface area contributed by atoms with E-state index in [-0.39, 0.29) is 17.3 Å². The Morgan fingerprint density at radius 2 is 1.74 bits per heavy atom. The van der Waals surface area contributed by atoms with Crippen LogP contribution < -0.4 is 5.32 Å². The molecule has 184 valence electrons. The number of benzene rings is 1. The molecule has 7 nitrogen and oxygen atoms in total. The van der Waals surface area contributed by atoms with E-state index in [0.29, 0.717) is 29.3 Å². The van der Waals surface area contributed by atoms with Gasteiger partial charge in [-0.25, -0.2) is 27.8 Å². The molecule has 4 rings (SSSR count). The number of halogens is 3. The summed E-state index contributed by atoms with van der Waals surface area (Å²) in [5.41, 5.74) is 2.94. The molecule has 0 saturated carbocycles. The normalized spacial score (nSPS) is 11.9. The van der Waals surface area contributed by atoms with Gasteiger partial charge in [0.25, 0.3) is 6.43 Å². The first kappa shape index (κ1) is 24.4.